The number of anilines is 3. The van der Waals surface area contributed by atoms with Crippen molar-refractivity contribution in [2.45, 2.75) is 0 Å². The lowest BCUT2D eigenvalue weighted by Gasteiger charge is -2.33. The third-order valence-electron chi connectivity index (χ3n) is 4.88. The Bertz CT molecular complexity index is 609. The van der Waals surface area contributed by atoms with Gasteiger partial charge in [-0.05, 0) is 0 Å². The van der Waals surface area contributed by atoms with Gasteiger partial charge in [-0.25, -0.2) is 0 Å². The molecule has 0 saturated carbocycles. The lowest BCUT2D eigenvalue weighted by atomic mass is 10.3. The van der Waals surface area contributed by atoms with Gasteiger partial charge < -0.3 is 25.3 Å². The third kappa shape index (κ3) is 3.34. The Morgan fingerprint density at radius 3 is 2.00 bits per heavy atom. The van der Waals surface area contributed by atoms with Crippen LogP contribution < -0.4 is 25.3 Å². The highest BCUT2D eigenvalue weighted by atomic mass is 16.6. The van der Waals surface area contributed by atoms with Crippen LogP contribution in [0.15, 0.2) is 0 Å². The molecular weight excluding hydrogens is 312 g/mol. The minimum absolute atomic E-state index is 0.0439. The number of quaternary nitrogens is 2. The van der Waals surface area contributed by atoms with Crippen LogP contribution in [0.5, 0.6) is 0 Å². The molecule has 0 spiro atoms. The van der Waals surface area contributed by atoms with Crippen LogP contribution in [0.3, 0.4) is 0 Å². The van der Waals surface area contributed by atoms with Crippen molar-refractivity contribution in [3.8, 4) is 0 Å². The second-order valence-corrected chi connectivity index (χ2v) is 6.73. The van der Waals surface area contributed by atoms with Crippen LogP contribution in [0, 0.1) is 10.1 Å². The van der Waals surface area contributed by atoms with E-state index in [2.05, 4.69) is 29.0 Å². The van der Waals surface area contributed by atoms with E-state index >= 15 is 0 Å². The minimum Gasteiger partial charge on any atom is -0.378 e. The molecule has 132 valence electrons. The molecule has 0 radical (unpaired) electrons. The molecule has 4 N–H and O–H groups in total. The van der Waals surface area contributed by atoms with Gasteiger partial charge in [0, 0.05) is 0 Å². The van der Waals surface area contributed by atoms with Gasteiger partial charge in [-0.2, -0.15) is 9.97 Å². The molecular formula is C14H26N8O2+2. The summed E-state index contributed by atoms with van der Waals surface area (Å²) in [6.45, 7) is 6.96. The van der Waals surface area contributed by atoms with E-state index in [4.69, 9.17) is 5.73 Å². The molecule has 1 aromatic heterocycles. The van der Waals surface area contributed by atoms with E-state index in [1.807, 2.05) is 4.90 Å². The molecule has 0 unspecified atom stereocenters. The standard InChI is InChI=1S/C14H24N8O2/c1-18-3-7-20(8-4-18)13-11(22(23)24)12(15)16-14(17-13)21-9-5-19(2)6-10-21/h3-10H2,1-2H3,(H2,15,16,17)/p+2. The Balaban J connectivity index is 1.93. The first-order valence-corrected chi connectivity index (χ1v) is 8.40. The first kappa shape index (κ1) is 16.7. The maximum Gasteiger partial charge on any atom is 0.353 e. The van der Waals surface area contributed by atoms with Crippen molar-refractivity contribution < 1.29 is 14.7 Å². The van der Waals surface area contributed by atoms with Gasteiger partial charge in [0.25, 0.3) is 0 Å². The monoisotopic (exact) mass is 338 g/mol. The summed E-state index contributed by atoms with van der Waals surface area (Å²) in [5, 5.41) is 11.5. The molecule has 10 heteroatoms. The van der Waals surface area contributed by atoms with E-state index in [1.165, 1.54) is 9.80 Å². The highest BCUT2D eigenvalue weighted by Crippen LogP contribution is 2.32. The average molecular weight is 338 g/mol. The van der Waals surface area contributed by atoms with Crippen molar-refractivity contribution in [1.29, 1.82) is 0 Å². The number of piperazine rings is 2. The normalized spacial score (nSPS) is 20.4. The number of nitrogens with zero attached hydrogens (tertiary/aromatic N) is 5. The summed E-state index contributed by atoms with van der Waals surface area (Å²) in [6.07, 6.45) is 0. The van der Waals surface area contributed by atoms with Gasteiger partial charge >= 0.3 is 5.69 Å². The predicted octanol–water partition coefficient (Wildman–Crippen LogP) is -3.36. The number of rotatable bonds is 3. The van der Waals surface area contributed by atoms with E-state index in [-0.39, 0.29) is 11.5 Å². The van der Waals surface area contributed by atoms with Crippen LogP contribution in [-0.2, 0) is 0 Å². The second kappa shape index (κ2) is 6.73. The van der Waals surface area contributed by atoms with Gasteiger partial charge in [0.15, 0.2) is 0 Å². The fraction of sp³-hybridized carbons (Fsp3) is 0.714. The summed E-state index contributed by atoms with van der Waals surface area (Å²) in [4.78, 5) is 26.7. The van der Waals surface area contributed by atoms with Crippen molar-refractivity contribution in [3.63, 3.8) is 0 Å². The number of nitrogens with one attached hydrogen (secondary N) is 2. The van der Waals surface area contributed by atoms with Crippen LogP contribution in [0.2, 0.25) is 0 Å². The molecule has 0 aromatic carbocycles. The molecule has 3 rings (SSSR count). The summed E-state index contributed by atoms with van der Waals surface area (Å²) in [7, 11) is 4.28. The SMILES string of the molecule is C[NH+]1CCN(c2nc(N)c([N+](=O)[O-])c(N3CC[NH+](C)CC3)n2)CC1. The van der Waals surface area contributed by atoms with Crippen LogP contribution in [0.25, 0.3) is 0 Å². The summed E-state index contributed by atoms with van der Waals surface area (Å²) in [6, 6.07) is 0. The number of aromatic nitrogens is 2. The highest BCUT2D eigenvalue weighted by Gasteiger charge is 2.31. The van der Waals surface area contributed by atoms with E-state index in [9.17, 15) is 10.1 Å². The molecule has 2 saturated heterocycles. The third-order valence-corrected chi connectivity index (χ3v) is 4.88. The van der Waals surface area contributed by atoms with Gasteiger partial charge in [-0.3, -0.25) is 10.1 Å². The Hall–Kier alpha value is -2.20. The van der Waals surface area contributed by atoms with Gasteiger partial charge in [0.05, 0.1) is 71.4 Å². The van der Waals surface area contributed by atoms with Crippen LogP contribution in [-0.4, -0.2) is 81.3 Å². The van der Waals surface area contributed by atoms with Crippen molar-refractivity contribution in [2.75, 3.05) is 82.0 Å². The molecule has 2 aliphatic heterocycles. The van der Waals surface area contributed by atoms with Crippen molar-refractivity contribution >= 4 is 23.3 Å². The van der Waals surface area contributed by atoms with E-state index < -0.39 is 4.92 Å². The van der Waals surface area contributed by atoms with Gasteiger partial charge in [0.2, 0.25) is 17.6 Å². The zero-order valence-corrected chi connectivity index (χ0v) is 14.3. The van der Waals surface area contributed by atoms with E-state index in [0.717, 1.165) is 52.4 Å². The molecule has 0 amide bonds. The number of nitrogens with two attached hydrogens (primary N) is 1. The fourth-order valence-corrected chi connectivity index (χ4v) is 3.17. The van der Waals surface area contributed by atoms with Crippen molar-refractivity contribution in [3.05, 3.63) is 10.1 Å². The molecule has 1 aromatic rings. The summed E-state index contributed by atoms with van der Waals surface area (Å²) in [5.74, 6) is 0.825. The fourth-order valence-electron chi connectivity index (χ4n) is 3.17. The zero-order chi connectivity index (χ0) is 17.3. The molecule has 2 fully saturated rings. The molecule has 2 aliphatic rings. The predicted molar refractivity (Wildman–Crippen MR) is 90.8 cm³/mol. The minimum atomic E-state index is -0.465. The molecule has 0 aliphatic carbocycles. The van der Waals surface area contributed by atoms with Gasteiger partial charge in [0.1, 0.15) is 0 Å². The Morgan fingerprint density at radius 2 is 1.50 bits per heavy atom. The molecule has 0 atom stereocenters. The quantitative estimate of drug-likeness (QED) is 0.390. The Labute approximate surface area is 141 Å². The maximum absolute atomic E-state index is 11.5. The molecule has 3 heterocycles. The lowest BCUT2D eigenvalue weighted by molar-refractivity contribution is -0.880. The zero-order valence-electron chi connectivity index (χ0n) is 14.3. The number of hydrogen-bond donors (Lipinski definition) is 3. The summed E-state index contributed by atoms with van der Waals surface area (Å²) >= 11 is 0. The topological polar surface area (TPSA) is 110 Å². The Kier molecular flexibility index (Phi) is 4.67. The lowest BCUT2D eigenvalue weighted by Crippen LogP contribution is -3.12. The molecule has 24 heavy (non-hydrogen) atoms. The van der Waals surface area contributed by atoms with Crippen LogP contribution in [0.1, 0.15) is 0 Å². The molecule has 0 bridgehead atoms. The van der Waals surface area contributed by atoms with E-state index in [0.29, 0.717) is 11.8 Å². The number of hydrogen-bond acceptors (Lipinski definition) is 7. The first-order valence-electron chi connectivity index (χ1n) is 8.40. The smallest absolute Gasteiger partial charge is 0.353 e. The Morgan fingerprint density at radius 1 is 1.00 bits per heavy atom. The van der Waals surface area contributed by atoms with Gasteiger partial charge in [-0.1, -0.05) is 0 Å². The van der Waals surface area contributed by atoms with Crippen molar-refractivity contribution in [1.82, 2.24) is 9.97 Å². The second-order valence-electron chi connectivity index (χ2n) is 6.73. The summed E-state index contributed by atoms with van der Waals surface area (Å²) < 4.78 is 0. The summed E-state index contributed by atoms with van der Waals surface area (Å²) in [5.41, 5.74) is 5.77. The highest BCUT2D eigenvalue weighted by molar-refractivity contribution is 5.71. The number of likely N-dealkylation sites (N-methyl/N-ethyl adjacent to an activating group) is 2. The van der Waals surface area contributed by atoms with Crippen LogP contribution >= 0.6 is 0 Å². The van der Waals surface area contributed by atoms with Gasteiger partial charge in [-0.15, -0.1) is 0 Å². The van der Waals surface area contributed by atoms with E-state index in [1.54, 1.807) is 0 Å². The largest absolute Gasteiger partial charge is 0.378 e. The number of nitrogen functional groups attached to an aromatic ring is 1. The maximum atomic E-state index is 11.5. The van der Waals surface area contributed by atoms with Crippen molar-refractivity contribution in [2.24, 2.45) is 0 Å². The average Bonchev–Trinajstić information content (AvgIpc) is 2.55. The first-order chi connectivity index (χ1) is 11.5. The number of nitro groups is 1. The van der Waals surface area contributed by atoms with Crippen LogP contribution in [0.4, 0.5) is 23.3 Å². The molecule has 10 nitrogen and oxygen atoms in total.